The van der Waals surface area contributed by atoms with Gasteiger partial charge in [0.2, 0.25) is 5.91 Å². The molecule has 1 saturated carbocycles. The highest BCUT2D eigenvalue weighted by molar-refractivity contribution is 5.83. The standard InChI is InChI=1S/C18H24N2O3/c1-13(23-12-14-7-8-14)18(22)20-10-9-19-17(21)11-16(20)15-5-3-2-4-6-15/h2-6,13-14,16H,7-12H2,1H3,(H,19,21). The number of carbonyl (C=O) groups is 2. The number of rotatable bonds is 5. The molecule has 2 atom stereocenters. The van der Waals surface area contributed by atoms with Crippen molar-refractivity contribution in [2.24, 2.45) is 5.92 Å². The van der Waals surface area contributed by atoms with E-state index < -0.39 is 6.10 Å². The van der Waals surface area contributed by atoms with E-state index in [1.54, 1.807) is 4.90 Å². The van der Waals surface area contributed by atoms with Crippen LogP contribution in [0, 0.1) is 5.92 Å². The predicted octanol–water partition coefficient (Wildman–Crippen LogP) is 1.89. The summed E-state index contributed by atoms with van der Waals surface area (Å²) in [5.74, 6) is 0.583. The molecule has 0 aromatic heterocycles. The third kappa shape index (κ3) is 4.10. The molecule has 0 radical (unpaired) electrons. The Morgan fingerprint density at radius 2 is 2.09 bits per heavy atom. The highest BCUT2D eigenvalue weighted by atomic mass is 16.5. The van der Waals surface area contributed by atoms with Gasteiger partial charge in [0.05, 0.1) is 19.1 Å². The number of nitrogens with zero attached hydrogens (tertiary/aromatic N) is 1. The fraction of sp³-hybridized carbons (Fsp3) is 0.556. The molecule has 1 aliphatic heterocycles. The van der Waals surface area contributed by atoms with Crippen molar-refractivity contribution in [3.8, 4) is 0 Å². The number of amides is 2. The molecule has 5 nitrogen and oxygen atoms in total. The van der Waals surface area contributed by atoms with Crippen molar-refractivity contribution < 1.29 is 14.3 Å². The predicted molar refractivity (Wildman–Crippen MR) is 86.7 cm³/mol. The molecule has 0 bridgehead atoms. The van der Waals surface area contributed by atoms with Crippen LogP contribution in [0.15, 0.2) is 30.3 Å². The molecule has 1 aromatic rings. The largest absolute Gasteiger partial charge is 0.368 e. The maximum Gasteiger partial charge on any atom is 0.251 e. The molecule has 1 saturated heterocycles. The quantitative estimate of drug-likeness (QED) is 0.902. The zero-order chi connectivity index (χ0) is 16.2. The first-order valence-electron chi connectivity index (χ1n) is 8.39. The number of carbonyl (C=O) groups excluding carboxylic acids is 2. The summed E-state index contributed by atoms with van der Waals surface area (Å²) in [5, 5.41) is 2.85. The molecule has 0 spiro atoms. The summed E-state index contributed by atoms with van der Waals surface area (Å²) in [6, 6.07) is 9.53. The Balaban J connectivity index is 1.74. The molecule has 2 aliphatic rings. The Morgan fingerprint density at radius 1 is 1.35 bits per heavy atom. The van der Waals surface area contributed by atoms with Crippen molar-refractivity contribution in [2.45, 2.75) is 38.3 Å². The van der Waals surface area contributed by atoms with Gasteiger partial charge in [0, 0.05) is 13.1 Å². The number of ether oxygens (including phenoxy) is 1. The normalized spacial score (nSPS) is 23.1. The van der Waals surface area contributed by atoms with Crippen LogP contribution >= 0.6 is 0 Å². The van der Waals surface area contributed by atoms with E-state index in [1.165, 1.54) is 12.8 Å². The monoisotopic (exact) mass is 316 g/mol. The first-order valence-corrected chi connectivity index (χ1v) is 8.39. The first-order chi connectivity index (χ1) is 11.1. The lowest BCUT2D eigenvalue weighted by atomic mass is 10.0. The topological polar surface area (TPSA) is 58.6 Å². The molecular formula is C18H24N2O3. The van der Waals surface area contributed by atoms with Gasteiger partial charge in [-0.15, -0.1) is 0 Å². The van der Waals surface area contributed by atoms with E-state index in [1.807, 2.05) is 37.3 Å². The van der Waals surface area contributed by atoms with Crippen LogP contribution in [0.5, 0.6) is 0 Å². The average Bonchev–Trinajstić information content (AvgIpc) is 3.40. The van der Waals surface area contributed by atoms with Crippen molar-refractivity contribution >= 4 is 11.8 Å². The van der Waals surface area contributed by atoms with Crippen LogP contribution in [-0.2, 0) is 14.3 Å². The second-order valence-electron chi connectivity index (χ2n) is 6.43. The van der Waals surface area contributed by atoms with Gasteiger partial charge in [-0.25, -0.2) is 0 Å². The van der Waals surface area contributed by atoms with E-state index in [0.29, 0.717) is 32.0 Å². The second kappa shape index (κ2) is 7.13. The maximum absolute atomic E-state index is 12.8. The molecule has 3 rings (SSSR count). The summed E-state index contributed by atoms with van der Waals surface area (Å²) >= 11 is 0. The minimum Gasteiger partial charge on any atom is -0.368 e. The average molecular weight is 316 g/mol. The Labute approximate surface area is 137 Å². The number of hydrogen-bond acceptors (Lipinski definition) is 3. The van der Waals surface area contributed by atoms with Gasteiger partial charge < -0.3 is 15.0 Å². The maximum atomic E-state index is 12.8. The van der Waals surface area contributed by atoms with Gasteiger partial charge in [0.1, 0.15) is 6.10 Å². The van der Waals surface area contributed by atoms with E-state index in [9.17, 15) is 9.59 Å². The van der Waals surface area contributed by atoms with Crippen LogP contribution in [0.25, 0.3) is 0 Å². The van der Waals surface area contributed by atoms with Gasteiger partial charge >= 0.3 is 0 Å². The molecule has 2 amide bonds. The zero-order valence-corrected chi connectivity index (χ0v) is 13.5. The summed E-state index contributed by atoms with van der Waals surface area (Å²) in [5.41, 5.74) is 0.993. The van der Waals surface area contributed by atoms with Gasteiger partial charge in [0.15, 0.2) is 0 Å². The van der Waals surface area contributed by atoms with Crippen molar-refractivity contribution in [1.82, 2.24) is 10.2 Å². The van der Waals surface area contributed by atoms with Crippen LogP contribution < -0.4 is 5.32 Å². The number of nitrogens with one attached hydrogen (secondary N) is 1. The highest BCUT2D eigenvalue weighted by Crippen LogP contribution is 2.30. The molecule has 124 valence electrons. The van der Waals surface area contributed by atoms with Gasteiger partial charge in [-0.2, -0.15) is 0 Å². The van der Waals surface area contributed by atoms with Crippen molar-refractivity contribution in [3.63, 3.8) is 0 Å². The van der Waals surface area contributed by atoms with Crippen LogP contribution in [0.3, 0.4) is 0 Å². The number of hydrogen-bond donors (Lipinski definition) is 1. The molecular weight excluding hydrogens is 292 g/mol. The van der Waals surface area contributed by atoms with Crippen LogP contribution in [-0.4, -0.2) is 42.5 Å². The SMILES string of the molecule is CC(OCC1CC1)C(=O)N1CCNC(=O)CC1c1ccccc1. The van der Waals surface area contributed by atoms with Crippen molar-refractivity contribution in [1.29, 1.82) is 0 Å². The fourth-order valence-corrected chi connectivity index (χ4v) is 2.94. The van der Waals surface area contributed by atoms with Crippen LogP contribution in [0.1, 0.15) is 37.8 Å². The van der Waals surface area contributed by atoms with E-state index in [-0.39, 0.29) is 17.9 Å². The van der Waals surface area contributed by atoms with Crippen LogP contribution in [0.2, 0.25) is 0 Å². The van der Waals surface area contributed by atoms with E-state index in [2.05, 4.69) is 5.32 Å². The third-order valence-electron chi connectivity index (χ3n) is 4.52. The summed E-state index contributed by atoms with van der Waals surface area (Å²) in [6.07, 6.45) is 2.24. The summed E-state index contributed by atoms with van der Waals surface area (Å²) in [7, 11) is 0. The molecule has 23 heavy (non-hydrogen) atoms. The Kier molecular flexibility index (Phi) is 4.96. The summed E-state index contributed by atoms with van der Waals surface area (Å²) < 4.78 is 5.74. The Morgan fingerprint density at radius 3 is 2.78 bits per heavy atom. The molecule has 2 unspecified atom stereocenters. The molecule has 1 heterocycles. The zero-order valence-electron chi connectivity index (χ0n) is 13.5. The number of benzene rings is 1. The van der Waals surface area contributed by atoms with E-state index >= 15 is 0 Å². The van der Waals surface area contributed by atoms with Gasteiger partial charge in [-0.05, 0) is 31.2 Å². The minimum atomic E-state index is -0.463. The lowest BCUT2D eigenvalue weighted by Crippen LogP contribution is -2.42. The lowest BCUT2D eigenvalue weighted by Gasteiger charge is -2.31. The fourth-order valence-electron chi connectivity index (χ4n) is 2.94. The van der Waals surface area contributed by atoms with E-state index in [4.69, 9.17) is 4.74 Å². The molecule has 1 aliphatic carbocycles. The summed E-state index contributed by atoms with van der Waals surface area (Å²) in [4.78, 5) is 26.6. The van der Waals surface area contributed by atoms with Gasteiger partial charge in [-0.1, -0.05) is 30.3 Å². The van der Waals surface area contributed by atoms with Gasteiger partial charge in [-0.3, -0.25) is 9.59 Å². The third-order valence-corrected chi connectivity index (χ3v) is 4.52. The first kappa shape index (κ1) is 16.0. The highest BCUT2D eigenvalue weighted by Gasteiger charge is 2.33. The molecule has 1 aromatic carbocycles. The van der Waals surface area contributed by atoms with Crippen LogP contribution in [0.4, 0.5) is 0 Å². The molecule has 1 N–H and O–H groups in total. The summed E-state index contributed by atoms with van der Waals surface area (Å²) in [6.45, 7) is 3.48. The second-order valence-corrected chi connectivity index (χ2v) is 6.43. The molecule has 5 heteroatoms. The Bertz CT molecular complexity index is 557. The molecule has 2 fully saturated rings. The Hall–Kier alpha value is -1.88. The minimum absolute atomic E-state index is 0.0132. The smallest absolute Gasteiger partial charge is 0.251 e. The lowest BCUT2D eigenvalue weighted by molar-refractivity contribution is -0.145. The van der Waals surface area contributed by atoms with Crippen molar-refractivity contribution in [2.75, 3.05) is 19.7 Å². The van der Waals surface area contributed by atoms with Gasteiger partial charge in [0.25, 0.3) is 5.91 Å². The van der Waals surface area contributed by atoms with Crippen molar-refractivity contribution in [3.05, 3.63) is 35.9 Å². The van der Waals surface area contributed by atoms with E-state index in [0.717, 1.165) is 5.56 Å².